The highest BCUT2D eigenvalue weighted by Gasteiger charge is 2.31. The van der Waals surface area contributed by atoms with Crippen molar-refractivity contribution in [1.82, 2.24) is 9.88 Å². The average Bonchev–Trinajstić information content (AvgIpc) is 3.22. The predicted molar refractivity (Wildman–Crippen MR) is 108 cm³/mol. The molecule has 0 aliphatic carbocycles. The van der Waals surface area contributed by atoms with Gasteiger partial charge in [-0.05, 0) is 43.7 Å². The van der Waals surface area contributed by atoms with E-state index < -0.39 is 0 Å². The molecule has 1 amide bonds. The molecule has 0 spiro atoms. The van der Waals surface area contributed by atoms with Gasteiger partial charge in [0.2, 0.25) is 5.91 Å². The molecular formula is C20H24N2O3S2. The standard InChI is InChI=1S/C20H24N2O3S2/c1-13-18(27-20(21-13)26-2)12-19(23)22-8-3-5-15(22)14-6-7-16-17(11-14)25-10-4-9-24-16/h6-7,11,15H,3-5,8-10,12H2,1-2H3. The highest BCUT2D eigenvalue weighted by molar-refractivity contribution is 8.00. The Labute approximate surface area is 168 Å². The summed E-state index contributed by atoms with van der Waals surface area (Å²) in [7, 11) is 0. The van der Waals surface area contributed by atoms with E-state index in [0.717, 1.165) is 57.8 Å². The molecule has 144 valence electrons. The van der Waals surface area contributed by atoms with Crippen molar-refractivity contribution in [3.05, 3.63) is 34.3 Å². The van der Waals surface area contributed by atoms with Gasteiger partial charge < -0.3 is 14.4 Å². The normalized spacial score (nSPS) is 19.2. The number of carbonyl (C=O) groups excluding carboxylic acids is 1. The lowest BCUT2D eigenvalue weighted by molar-refractivity contribution is -0.131. The van der Waals surface area contributed by atoms with Crippen LogP contribution in [0.3, 0.4) is 0 Å². The van der Waals surface area contributed by atoms with Gasteiger partial charge in [-0.25, -0.2) is 4.98 Å². The SMILES string of the molecule is CSc1nc(C)c(CC(=O)N2CCCC2c2ccc3c(c2)OCCCO3)s1. The molecule has 27 heavy (non-hydrogen) atoms. The fourth-order valence-corrected chi connectivity index (χ4v) is 5.34. The number of aromatic nitrogens is 1. The summed E-state index contributed by atoms with van der Waals surface area (Å²) in [5, 5.41) is 0. The van der Waals surface area contributed by atoms with Crippen molar-refractivity contribution in [2.24, 2.45) is 0 Å². The van der Waals surface area contributed by atoms with Gasteiger partial charge in [0, 0.05) is 17.8 Å². The molecule has 2 aliphatic heterocycles. The molecule has 1 saturated heterocycles. The van der Waals surface area contributed by atoms with E-state index in [1.165, 1.54) is 0 Å². The number of hydrogen-bond donors (Lipinski definition) is 0. The number of ether oxygens (including phenoxy) is 2. The molecule has 3 heterocycles. The van der Waals surface area contributed by atoms with E-state index >= 15 is 0 Å². The first-order chi connectivity index (χ1) is 13.2. The minimum absolute atomic E-state index is 0.114. The van der Waals surface area contributed by atoms with Crippen LogP contribution in [-0.4, -0.2) is 41.8 Å². The number of benzene rings is 1. The zero-order valence-electron chi connectivity index (χ0n) is 15.7. The summed E-state index contributed by atoms with van der Waals surface area (Å²) in [6, 6.07) is 6.23. The van der Waals surface area contributed by atoms with Crippen LogP contribution >= 0.6 is 23.1 Å². The van der Waals surface area contributed by atoms with Crippen LogP contribution < -0.4 is 9.47 Å². The molecule has 0 radical (unpaired) electrons. The van der Waals surface area contributed by atoms with Crippen LogP contribution in [0.15, 0.2) is 22.5 Å². The summed E-state index contributed by atoms with van der Waals surface area (Å²) in [5.74, 6) is 1.79. The Balaban J connectivity index is 1.52. The van der Waals surface area contributed by atoms with Crippen molar-refractivity contribution >= 4 is 29.0 Å². The number of fused-ring (bicyclic) bond motifs is 1. The van der Waals surface area contributed by atoms with Crippen LogP contribution in [0.2, 0.25) is 0 Å². The maximum atomic E-state index is 13.0. The van der Waals surface area contributed by atoms with Crippen molar-refractivity contribution in [3.63, 3.8) is 0 Å². The minimum atomic E-state index is 0.114. The number of rotatable bonds is 4. The fourth-order valence-electron chi connectivity index (χ4n) is 3.69. The number of thiazole rings is 1. The van der Waals surface area contributed by atoms with Crippen LogP contribution in [0.5, 0.6) is 11.5 Å². The molecule has 1 unspecified atom stereocenters. The van der Waals surface area contributed by atoms with Gasteiger partial charge >= 0.3 is 0 Å². The fraction of sp³-hybridized carbons (Fsp3) is 0.500. The molecule has 0 N–H and O–H groups in total. The second kappa shape index (κ2) is 8.10. The van der Waals surface area contributed by atoms with Gasteiger partial charge in [0.15, 0.2) is 11.5 Å². The Morgan fingerprint density at radius 3 is 2.89 bits per heavy atom. The minimum Gasteiger partial charge on any atom is -0.490 e. The summed E-state index contributed by atoms with van der Waals surface area (Å²) in [5.41, 5.74) is 2.11. The van der Waals surface area contributed by atoms with Crippen LogP contribution in [0.25, 0.3) is 0 Å². The monoisotopic (exact) mass is 404 g/mol. The zero-order chi connectivity index (χ0) is 18.8. The maximum absolute atomic E-state index is 13.0. The average molecular weight is 405 g/mol. The van der Waals surface area contributed by atoms with E-state index in [9.17, 15) is 4.79 Å². The van der Waals surface area contributed by atoms with Crippen molar-refractivity contribution in [1.29, 1.82) is 0 Å². The van der Waals surface area contributed by atoms with Gasteiger partial charge in [-0.2, -0.15) is 0 Å². The molecule has 1 aromatic carbocycles. The highest BCUT2D eigenvalue weighted by Crippen LogP contribution is 2.38. The number of carbonyl (C=O) groups is 1. The van der Waals surface area contributed by atoms with Gasteiger partial charge in [-0.1, -0.05) is 17.8 Å². The lowest BCUT2D eigenvalue weighted by Crippen LogP contribution is -2.31. The van der Waals surface area contributed by atoms with E-state index in [1.807, 2.05) is 24.1 Å². The molecule has 5 nitrogen and oxygen atoms in total. The third kappa shape index (κ3) is 3.94. The zero-order valence-corrected chi connectivity index (χ0v) is 17.3. The Hall–Kier alpha value is -1.73. The second-order valence-electron chi connectivity index (χ2n) is 6.87. The van der Waals surface area contributed by atoms with Crippen molar-refractivity contribution in [3.8, 4) is 11.5 Å². The lowest BCUT2D eigenvalue weighted by atomic mass is 10.0. The largest absolute Gasteiger partial charge is 0.490 e. The molecular weight excluding hydrogens is 380 g/mol. The molecule has 1 fully saturated rings. The summed E-state index contributed by atoms with van der Waals surface area (Å²) < 4.78 is 12.6. The lowest BCUT2D eigenvalue weighted by Gasteiger charge is -2.25. The van der Waals surface area contributed by atoms with Crippen LogP contribution in [0.4, 0.5) is 0 Å². The molecule has 1 atom stereocenters. The second-order valence-corrected chi connectivity index (χ2v) is 9.01. The topological polar surface area (TPSA) is 51.7 Å². The number of thioether (sulfide) groups is 1. The maximum Gasteiger partial charge on any atom is 0.228 e. The first kappa shape index (κ1) is 18.6. The van der Waals surface area contributed by atoms with E-state index in [0.29, 0.717) is 19.6 Å². The predicted octanol–water partition coefficient (Wildman–Crippen LogP) is 4.24. The number of amides is 1. The molecule has 4 rings (SSSR count). The van der Waals surface area contributed by atoms with E-state index in [4.69, 9.17) is 9.47 Å². The van der Waals surface area contributed by atoms with E-state index in [-0.39, 0.29) is 11.9 Å². The smallest absolute Gasteiger partial charge is 0.228 e. The Bertz CT molecular complexity index is 837. The molecule has 2 aromatic rings. The first-order valence-electron chi connectivity index (χ1n) is 9.35. The van der Waals surface area contributed by atoms with Gasteiger partial charge in [-0.3, -0.25) is 4.79 Å². The third-order valence-corrected chi connectivity index (χ3v) is 7.23. The van der Waals surface area contributed by atoms with Gasteiger partial charge in [0.1, 0.15) is 4.34 Å². The Kier molecular flexibility index (Phi) is 5.59. The number of aryl methyl sites for hydroxylation is 1. The summed E-state index contributed by atoms with van der Waals surface area (Å²) in [6.07, 6.45) is 5.37. The Morgan fingerprint density at radius 1 is 1.30 bits per heavy atom. The molecule has 7 heteroatoms. The van der Waals surface area contributed by atoms with E-state index in [2.05, 4.69) is 17.1 Å². The van der Waals surface area contributed by atoms with Crippen LogP contribution in [-0.2, 0) is 11.2 Å². The van der Waals surface area contributed by atoms with Gasteiger partial charge in [0.25, 0.3) is 0 Å². The summed E-state index contributed by atoms with van der Waals surface area (Å²) >= 11 is 3.26. The highest BCUT2D eigenvalue weighted by atomic mass is 32.2. The summed E-state index contributed by atoms with van der Waals surface area (Å²) in [6.45, 7) is 4.16. The number of hydrogen-bond acceptors (Lipinski definition) is 6. The summed E-state index contributed by atoms with van der Waals surface area (Å²) in [4.78, 5) is 20.7. The van der Waals surface area contributed by atoms with Crippen molar-refractivity contribution in [2.75, 3.05) is 26.0 Å². The van der Waals surface area contributed by atoms with Gasteiger partial charge in [-0.15, -0.1) is 11.3 Å². The first-order valence-corrected chi connectivity index (χ1v) is 11.4. The van der Waals surface area contributed by atoms with Crippen LogP contribution in [0.1, 0.15) is 41.4 Å². The van der Waals surface area contributed by atoms with Crippen molar-refractivity contribution < 1.29 is 14.3 Å². The van der Waals surface area contributed by atoms with Crippen LogP contribution in [0, 0.1) is 6.92 Å². The number of nitrogens with zero attached hydrogens (tertiary/aromatic N) is 2. The quantitative estimate of drug-likeness (QED) is 0.714. The number of likely N-dealkylation sites (tertiary alicyclic amines) is 1. The van der Waals surface area contributed by atoms with E-state index in [1.54, 1.807) is 23.1 Å². The molecule has 2 aliphatic rings. The molecule has 0 saturated carbocycles. The molecule has 1 aromatic heterocycles. The molecule has 0 bridgehead atoms. The van der Waals surface area contributed by atoms with Crippen molar-refractivity contribution in [2.45, 2.75) is 43.0 Å². The Morgan fingerprint density at radius 2 is 2.11 bits per heavy atom. The third-order valence-electron chi connectivity index (χ3n) is 5.09. The van der Waals surface area contributed by atoms with Gasteiger partial charge in [0.05, 0.1) is 31.4 Å².